The Morgan fingerprint density at radius 2 is 2.32 bits per heavy atom. The molecule has 1 fully saturated rings. The van der Waals surface area contributed by atoms with Crippen molar-refractivity contribution in [1.29, 1.82) is 0 Å². The van der Waals surface area contributed by atoms with Crippen LogP contribution in [0.4, 0.5) is 11.4 Å². The molecular weight excluding hydrogens is 316 g/mol. The maximum absolute atomic E-state index is 11.9. The Morgan fingerprint density at radius 3 is 2.84 bits per heavy atom. The summed E-state index contributed by atoms with van der Waals surface area (Å²) in [4.78, 5) is 23.8. The summed E-state index contributed by atoms with van der Waals surface area (Å²) in [5.41, 5.74) is 0.533. The van der Waals surface area contributed by atoms with Gasteiger partial charge in [0.1, 0.15) is 5.75 Å². The number of nitro groups is 1. The molecule has 1 amide bonds. The third-order valence-electron chi connectivity index (χ3n) is 3.09. The Morgan fingerprint density at radius 1 is 1.58 bits per heavy atom. The van der Waals surface area contributed by atoms with Crippen LogP contribution < -0.4 is 9.64 Å². The lowest BCUT2D eigenvalue weighted by atomic mass is 10.2. The number of hydrogen-bond donors (Lipinski definition) is 0. The topological polar surface area (TPSA) is 72.7 Å². The minimum atomic E-state index is -0.487. The molecule has 0 radical (unpaired) electrons. The summed E-state index contributed by atoms with van der Waals surface area (Å²) in [7, 11) is 1.44. The van der Waals surface area contributed by atoms with Gasteiger partial charge in [0.25, 0.3) is 5.69 Å². The molecule has 1 aromatic rings. The zero-order chi connectivity index (χ0) is 14.0. The molecule has 0 bridgehead atoms. The monoisotopic (exact) mass is 328 g/mol. The summed E-state index contributed by atoms with van der Waals surface area (Å²) in [6.07, 6.45) is 0.478. The molecule has 1 aliphatic heterocycles. The van der Waals surface area contributed by atoms with Crippen molar-refractivity contribution in [3.05, 3.63) is 28.3 Å². The summed E-state index contributed by atoms with van der Waals surface area (Å²) in [5.74, 6) is 0.613. The fraction of sp³-hybridized carbons (Fsp3) is 0.417. The number of ether oxygens (including phenoxy) is 1. The SMILES string of the molecule is COc1cc([N+](=O)[O-])ccc1N1CC(CBr)CC1=O. The van der Waals surface area contributed by atoms with Crippen molar-refractivity contribution in [2.45, 2.75) is 6.42 Å². The molecule has 0 N–H and O–H groups in total. The van der Waals surface area contributed by atoms with Gasteiger partial charge in [-0.05, 0) is 12.0 Å². The molecule has 0 aromatic heterocycles. The van der Waals surface area contributed by atoms with Crippen molar-refractivity contribution in [1.82, 2.24) is 0 Å². The van der Waals surface area contributed by atoms with Crippen molar-refractivity contribution >= 4 is 33.2 Å². The molecule has 1 aliphatic rings. The number of anilines is 1. The fourth-order valence-electron chi connectivity index (χ4n) is 2.12. The zero-order valence-corrected chi connectivity index (χ0v) is 11.9. The van der Waals surface area contributed by atoms with Crippen LogP contribution in [0.5, 0.6) is 5.75 Å². The molecule has 1 aromatic carbocycles. The number of rotatable bonds is 4. The summed E-state index contributed by atoms with van der Waals surface area (Å²) in [6, 6.07) is 4.28. The first kappa shape index (κ1) is 13.8. The van der Waals surface area contributed by atoms with Gasteiger partial charge in [-0.25, -0.2) is 0 Å². The third-order valence-corrected chi connectivity index (χ3v) is 4.00. The first-order chi connectivity index (χ1) is 9.06. The van der Waals surface area contributed by atoms with Crippen molar-refractivity contribution in [2.24, 2.45) is 5.92 Å². The van der Waals surface area contributed by atoms with E-state index in [0.717, 1.165) is 5.33 Å². The largest absolute Gasteiger partial charge is 0.494 e. The number of carbonyl (C=O) groups is 1. The smallest absolute Gasteiger partial charge is 0.273 e. The molecular formula is C12H13BrN2O4. The van der Waals surface area contributed by atoms with Gasteiger partial charge in [-0.3, -0.25) is 14.9 Å². The highest BCUT2D eigenvalue weighted by Crippen LogP contribution is 2.35. The number of benzene rings is 1. The maximum Gasteiger partial charge on any atom is 0.273 e. The molecule has 1 heterocycles. The number of hydrogen-bond acceptors (Lipinski definition) is 4. The number of amides is 1. The summed E-state index contributed by atoms with van der Waals surface area (Å²) in [5, 5.41) is 11.5. The first-order valence-electron chi connectivity index (χ1n) is 5.75. The van der Waals surface area contributed by atoms with Crippen molar-refractivity contribution < 1.29 is 14.5 Å². The fourth-order valence-corrected chi connectivity index (χ4v) is 2.55. The molecule has 1 unspecified atom stereocenters. The van der Waals surface area contributed by atoms with E-state index in [4.69, 9.17) is 4.74 Å². The molecule has 1 atom stereocenters. The van der Waals surface area contributed by atoms with E-state index in [1.54, 1.807) is 11.0 Å². The lowest BCUT2D eigenvalue weighted by Crippen LogP contribution is -2.25. The zero-order valence-electron chi connectivity index (χ0n) is 10.3. The average Bonchev–Trinajstić information content (AvgIpc) is 2.79. The number of nitro benzene ring substituents is 1. The molecule has 0 saturated carbocycles. The van der Waals surface area contributed by atoms with Crippen LogP contribution in [-0.4, -0.2) is 29.8 Å². The highest BCUT2D eigenvalue weighted by Gasteiger charge is 2.31. The highest BCUT2D eigenvalue weighted by molar-refractivity contribution is 9.09. The van der Waals surface area contributed by atoms with Gasteiger partial charge < -0.3 is 9.64 Å². The number of nitrogens with zero attached hydrogens (tertiary/aromatic N) is 2. The second kappa shape index (κ2) is 5.56. The van der Waals surface area contributed by atoms with Crippen LogP contribution in [0.2, 0.25) is 0 Å². The lowest BCUT2D eigenvalue weighted by molar-refractivity contribution is -0.384. The quantitative estimate of drug-likeness (QED) is 0.483. The van der Waals surface area contributed by atoms with Crippen molar-refractivity contribution in [3.63, 3.8) is 0 Å². The Labute approximate surface area is 118 Å². The van der Waals surface area contributed by atoms with Gasteiger partial charge in [0.15, 0.2) is 0 Å². The normalized spacial score (nSPS) is 18.7. The van der Waals surface area contributed by atoms with Crippen LogP contribution in [0.3, 0.4) is 0 Å². The lowest BCUT2D eigenvalue weighted by Gasteiger charge is -2.19. The van der Waals surface area contributed by atoms with Crippen LogP contribution >= 0.6 is 15.9 Å². The van der Waals surface area contributed by atoms with E-state index in [-0.39, 0.29) is 17.5 Å². The van der Waals surface area contributed by atoms with E-state index >= 15 is 0 Å². The van der Waals surface area contributed by atoms with E-state index in [0.29, 0.717) is 24.4 Å². The molecule has 2 rings (SSSR count). The summed E-state index contributed by atoms with van der Waals surface area (Å²) >= 11 is 3.37. The number of halogens is 1. The maximum atomic E-state index is 11.9. The molecule has 19 heavy (non-hydrogen) atoms. The van der Waals surface area contributed by atoms with E-state index in [1.807, 2.05) is 0 Å². The second-order valence-corrected chi connectivity index (χ2v) is 4.99. The van der Waals surface area contributed by atoms with Crippen LogP contribution in [0.25, 0.3) is 0 Å². The van der Waals surface area contributed by atoms with Crippen LogP contribution in [0.1, 0.15) is 6.42 Å². The third kappa shape index (κ3) is 2.70. The predicted molar refractivity (Wildman–Crippen MR) is 73.9 cm³/mol. The van der Waals surface area contributed by atoms with Crippen LogP contribution in [0, 0.1) is 16.0 Å². The van der Waals surface area contributed by atoms with Crippen LogP contribution in [0.15, 0.2) is 18.2 Å². The molecule has 6 nitrogen and oxygen atoms in total. The van der Waals surface area contributed by atoms with E-state index in [9.17, 15) is 14.9 Å². The van der Waals surface area contributed by atoms with Gasteiger partial charge in [-0.2, -0.15) is 0 Å². The molecule has 0 aliphatic carbocycles. The standard InChI is InChI=1S/C12H13BrN2O4/c1-19-11-5-9(15(17)18)2-3-10(11)14-7-8(6-13)4-12(14)16/h2-3,5,8H,4,6-7H2,1H3. The molecule has 0 spiro atoms. The van der Waals surface area contributed by atoms with Crippen molar-refractivity contribution in [3.8, 4) is 5.75 Å². The van der Waals surface area contributed by atoms with E-state index in [2.05, 4.69) is 15.9 Å². The van der Waals surface area contributed by atoms with Gasteiger partial charge in [0, 0.05) is 24.4 Å². The molecule has 1 saturated heterocycles. The number of methoxy groups -OCH3 is 1. The number of alkyl halides is 1. The molecule has 7 heteroatoms. The highest BCUT2D eigenvalue weighted by atomic mass is 79.9. The average molecular weight is 329 g/mol. The van der Waals surface area contributed by atoms with E-state index in [1.165, 1.54) is 19.2 Å². The Hall–Kier alpha value is -1.63. The summed E-state index contributed by atoms with van der Waals surface area (Å²) < 4.78 is 5.16. The van der Waals surface area contributed by atoms with Gasteiger partial charge in [-0.1, -0.05) is 15.9 Å². The van der Waals surface area contributed by atoms with Crippen molar-refractivity contribution in [2.75, 3.05) is 23.9 Å². The van der Waals surface area contributed by atoms with Gasteiger partial charge in [0.2, 0.25) is 5.91 Å². The Bertz CT molecular complexity index is 520. The second-order valence-electron chi connectivity index (χ2n) is 4.34. The van der Waals surface area contributed by atoms with Gasteiger partial charge in [0.05, 0.1) is 23.8 Å². The minimum Gasteiger partial charge on any atom is -0.494 e. The summed E-state index contributed by atoms with van der Waals surface area (Å²) in [6.45, 7) is 0.595. The minimum absolute atomic E-state index is 0.0107. The van der Waals surface area contributed by atoms with Crippen LogP contribution in [-0.2, 0) is 4.79 Å². The van der Waals surface area contributed by atoms with Gasteiger partial charge >= 0.3 is 0 Å². The Kier molecular flexibility index (Phi) is 4.04. The number of non-ortho nitro benzene ring substituents is 1. The number of carbonyl (C=O) groups excluding carboxylic acids is 1. The predicted octanol–water partition coefficient (Wildman–Crippen LogP) is 2.35. The first-order valence-corrected chi connectivity index (χ1v) is 6.87. The molecule has 102 valence electrons. The van der Waals surface area contributed by atoms with Gasteiger partial charge in [-0.15, -0.1) is 0 Å². The van der Waals surface area contributed by atoms with E-state index < -0.39 is 4.92 Å². The Balaban J connectivity index is 2.34.